The van der Waals surface area contributed by atoms with Gasteiger partial charge in [0.1, 0.15) is 5.82 Å². The van der Waals surface area contributed by atoms with Gasteiger partial charge in [0.15, 0.2) is 0 Å². The summed E-state index contributed by atoms with van der Waals surface area (Å²) in [5.74, 6) is 0.830. The van der Waals surface area contributed by atoms with E-state index in [-0.39, 0.29) is 5.91 Å². The van der Waals surface area contributed by atoms with Gasteiger partial charge in [-0.3, -0.25) is 9.48 Å². The van der Waals surface area contributed by atoms with Crippen molar-refractivity contribution in [2.75, 3.05) is 10.6 Å². The molecule has 0 saturated carbocycles. The van der Waals surface area contributed by atoms with Crippen LogP contribution in [0.15, 0.2) is 30.3 Å². The van der Waals surface area contributed by atoms with Crippen molar-refractivity contribution in [1.82, 2.24) is 9.78 Å². The minimum absolute atomic E-state index is 0.0801. The summed E-state index contributed by atoms with van der Waals surface area (Å²) in [5, 5.41) is 10.3. The van der Waals surface area contributed by atoms with Crippen molar-refractivity contribution in [3.8, 4) is 0 Å². The van der Waals surface area contributed by atoms with E-state index in [4.69, 9.17) is 0 Å². The molecule has 2 aromatic rings. The lowest BCUT2D eigenvalue weighted by Crippen LogP contribution is -2.06. The Hall–Kier alpha value is -2.30. The maximum absolute atomic E-state index is 11.0. The van der Waals surface area contributed by atoms with Crippen LogP contribution in [0.4, 0.5) is 17.2 Å². The zero-order valence-electron chi connectivity index (χ0n) is 10.7. The standard InChI is InChI=1S/C13H16N4O/c1-9-7-13(17(3)16-9)15-12-6-4-5-11(8-12)14-10(2)18/h4-8,15H,1-3H3,(H,14,18). The molecule has 1 heterocycles. The smallest absolute Gasteiger partial charge is 0.221 e. The van der Waals surface area contributed by atoms with Crippen LogP contribution < -0.4 is 10.6 Å². The molecule has 0 spiro atoms. The van der Waals surface area contributed by atoms with Gasteiger partial charge in [0.05, 0.1) is 5.69 Å². The van der Waals surface area contributed by atoms with Crippen LogP contribution in [-0.2, 0) is 11.8 Å². The van der Waals surface area contributed by atoms with E-state index < -0.39 is 0 Å². The number of nitrogens with zero attached hydrogens (tertiary/aromatic N) is 2. The molecule has 5 nitrogen and oxygen atoms in total. The molecule has 0 fully saturated rings. The number of carbonyl (C=O) groups excluding carboxylic acids is 1. The lowest BCUT2D eigenvalue weighted by atomic mass is 10.2. The van der Waals surface area contributed by atoms with Gasteiger partial charge >= 0.3 is 0 Å². The van der Waals surface area contributed by atoms with Crippen LogP contribution in [0.25, 0.3) is 0 Å². The van der Waals surface area contributed by atoms with Crippen molar-refractivity contribution >= 4 is 23.1 Å². The van der Waals surface area contributed by atoms with Gasteiger partial charge in [-0.2, -0.15) is 5.10 Å². The molecule has 5 heteroatoms. The Labute approximate surface area is 106 Å². The van der Waals surface area contributed by atoms with Crippen molar-refractivity contribution in [3.05, 3.63) is 36.0 Å². The summed E-state index contributed by atoms with van der Waals surface area (Å²) in [6.45, 7) is 3.43. The monoisotopic (exact) mass is 244 g/mol. The van der Waals surface area contributed by atoms with E-state index in [1.807, 2.05) is 44.3 Å². The minimum Gasteiger partial charge on any atom is -0.340 e. The maximum Gasteiger partial charge on any atom is 0.221 e. The summed E-state index contributed by atoms with van der Waals surface area (Å²) in [7, 11) is 1.88. The van der Waals surface area contributed by atoms with Gasteiger partial charge in [-0.15, -0.1) is 0 Å². The molecule has 0 aliphatic rings. The summed E-state index contributed by atoms with van der Waals surface area (Å²) in [6, 6.07) is 9.51. The van der Waals surface area contributed by atoms with Gasteiger partial charge in [0.2, 0.25) is 5.91 Å². The first-order chi connectivity index (χ1) is 8.54. The molecule has 18 heavy (non-hydrogen) atoms. The first-order valence-corrected chi connectivity index (χ1v) is 5.70. The van der Waals surface area contributed by atoms with Crippen LogP contribution in [0.5, 0.6) is 0 Å². The molecule has 2 N–H and O–H groups in total. The molecular weight excluding hydrogens is 228 g/mol. The second-order valence-corrected chi connectivity index (χ2v) is 4.18. The number of aryl methyl sites for hydroxylation is 2. The highest BCUT2D eigenvalue weighted by Crippen LogP contribution is 2.20. The van der Waals surface area contributed by atoms with Crippen molar-refractivity contribution in [2.45, 2.75) is 13.8 Å². The summed E-state index contributed by atoms with van der Waals surface area (Å²) >= 11 is 0. The lowest BCUT2D eigenvalue weighted by Gasteiger charge is -2.08. The second kappa shape index (κ2) is 4.91. The van der Waals surface area contributed by atoms with Crippen LogP contribution in [0.3, 0.4) is 0 Å². The number of hydrogen-bond acceptors (Lipinski definition) is 3. The van der Waals surface area contributed by atoms with E-state index in [2.05, 4.69) is 15.7 Å². The van der Waals surface area contributed by atoms with E-state index in [1.54, 1.807) is 4.68 Å². The summed E-state index contributed by atoms with van der Waals surface area (Å²) in [4.78, 5) is 11.0. The summed E-state index contributed by atoms with van der Waals surface area (Å²) < 4.78 is 1.78. The van der Waals surface area contributed by atoms with Crippen LogP contribution >= 0.6 is 0 Å². The fourth-order valence-electron chi connectivity index (χ4n) is 1.75. The Bertz CT molecular complexity index is 574. The Morgan fingerprint density at radius 1 is 1.28 bits per heavy atom. The predicted molar refractivity (Wildman–Crippen MR) is 72.0 cm³/mol. The highest BCUT2D eigenvalue weighted by Gasteiger charge is 2.03. The fourth-order valence-corrected chi connectivity index (χ4v) is 1.75. The molecule has 0 saturated heterocycles. The molecule has 2 rings (SSSR count). The number of carbonyl (C=O) groups is 1. The molecule has 0 aliphatic heterocycles. The molecule has 0 unspecified atom stereocenters. The average Bonchev–Trinajstić information content (AvgIpc) is 2.57. The van der Waals surface area contributed by atoms with Crippen molar-refractivity contribution < 1.29 is 4.79 Å². The highest BCUT2D eigenvalue weighted by molar-refractivity contribution is 5.89. The van der Waals surface area contributed by atoms with Crippen LogP contribution in [0.2, 0.25) is 0 Å². The Balaban J connectivity index is 2.19. The number of rotatable bonds is 3. The molecule has 1 aromatic heterocycles. The highest BCUT2D eigenvalue weighted by atomic mass is 16.1. The topological polar surface area (TPSA) is 59.0 Å². The van der Waals surface area contributed by atoms with E-state index in [1.165, 1.54) is 6.92 Å². The molecule has 1 aromatic carbocycles. The Kier molecular flexibility index (Phi) is 3.32. The number of benzene rings is 1. The van der Waals surface area contributed by atoms with E-state index in [0.29, 0.717) is 0 Å². The van der Waals surface area contributed by atoms with Crippen molar-refractivity contribution in [3.63, 3.8) is 0 Å². The SMILES string of the molecule is CC(=O)Nc1cccc(Nc2cc(C)nn2C)c1. The third-order valence-corrected chi connectivity index (χ3v) is 2.46. The molecule has 0 aliphatic carbocycles. The van der Waals surface area contributed by atoms with Gasteiger partial charge in [0.25, 0.3) is 0 Å². The maximum atomic E-state index is 11.0. The van der Waals surface area contributed by atoms with Gasteiger partial charge in [-0.25, -0.2) is 0 Å². The van der Waals surface area contributed by atoms with Crippen LogP contribution in [0, 0.1) is 6.92 Å². The van der Waals surface area contributed by atoms with Crippen molar-refractivity contribution in [2.24, 2.45) is 7.05 Å². The number of amides is 1. The van der Waals surface area contributed by atoms with E-state index in [9.17, 15) is 4.79 Å². The third kappa shape index (κ3) is 2.88. The molecule has 94 valence electrons. The zero-order chi connectivity index (χ0) is 13.1. The third-order valence-electron chi connectivity index (χ3n) is 2.46. The van der Waals surface area contributed by atoms with Crippen molar-refractivity contribution in [1.29, 1.82) is 0 Å². The van der Waals surface area contributed by atoms with E-state index >= 15 is 0 Å². The first-order valence-electron chi connectivity index (χ1n) is 5.70. The number of hydrogen-bond donors (Lipinski definition) is 2. The molecule has 0 radical (unpaired) electrons. The fraction of sp³-hybridized carbons (Fsp3) is 0.231. The van der Waals surface area contributed by atoms with Gasteiger partial charge in [-0.05, 0) is 25.1 Å². The van der Waals surface area contributed by atoms with Crippen LogP contribution in [0.1, 0.15) is 12.6 Å². The quantitative estimate of drug-likeness (QED) is 0.871. The second-order valence-electron chi connectivity index (χ2n) is 4.18. The van der Waals surface area contributed by atoms with Gasteiger partial charge in [0, 0.05) is 31.4 Å². The number of nitrogens with one attached hydrogen (secondary N) is 2. The minimum atomic E-state index is -0.0801. The van der Waals surface area contributed by atoms with E-state index in [0.717, 1.165) is 22.9 Å². The summed E-state index contributed by atoms with van der Waals surface area (Å²) in [5.41, 5.74) is 2.63. The first kappa shape index (κ1) is 12.2. The van der Waals surface area contributed by atoms with Crippen LogP contribution in [-0.4, -0.2) is 15.7 Å². The lowest BCUT2D eigenvalue weighted by molar-refractivity contribution is -0.114. The number of anilines is 3. The molecular formula is C13H16N4O. The van der Waals surface area contributed by atoms with Gasteiger partial charge < -0.3 is 10.6 Å². The Morgan fingerprint density at radius 2 is 2.00 bits per heavy atom. The molecule has 0 atom stereocenters. The Morgan fingerprint density at radius 3 is 2.61 bits per heavy atom. The largest absolute Gasteiger partial charge is 0.340 e. The summed E-state index contributed by atoms with van der Waals surface area (Å²) in [6.07, 6.45) is 0. The zero-order valence-corrected chi connectivity index (χ0v) is 10.7. The molecule has 0 bridgehead atoms. The van der Waals surface area contributed by atoms with Gasteiger partial charge in [-0.1, -0.05) is 6.07 Å². The average molecular weight is 244 g/mol. The molecule has 1 amide bonds. The predicted octanol–water partition coefficient (Wildman–Crippen LogP) is 2.43. The number of aromatic nitrogens is 2. The normalized spacial score (nSPS) is 10.2.